The molecule has 3 nitrogen and oxygen atoms in total. The normalized spacial score (nSPS) is 10.6. The van der Waals surface area contributed by atoms with Crippen LogP contribution < -0.4 is 0 Å². The molecule has 0 fully saturated rings. The third-order valence-corrected chi connectivity index (χ3v) is 2.92. The van der Waals surface area contributed by atoms with Crippen molar-refractivity contribution in [2.75, 3.05) is 0 Å². The third kappa shape index (κ3) is 2.09. The van der Waals surface area contributed by atoms with Crippen molar-refractivity contribution < 1.29 is 0 Å². The van der Waals surface area contributed by atoms with Crippen LogP contribution in [0.3, 0.4) is 0 Å². The molecule has 0 radical (unpaired) electrons. The Labute approximate surface area is 102 Å². The average molecular weight is 263 g/mol. The Balaban J connectivity index is 2.50. The minimum absolute atomic E-state index is 0.341. The van der Waals surface area contributed by atoms with Gasteiger partial charge in [-0.1, -0.05) is 28.4 Å². The third-order valence-electron chi connectivity index (χ3n) is 1.90. The predicted molar refractivity (Wildman–Crippen MR) is 60.9 cm³/mol. The van der Waals surface area contributed by atoms with Crippen LogP contribution in [0.4, 0.5) is 0 Å². The molecule has 0 amide bonds. The number of benzene rings is 1. The van der Waals surface area contributed by atoms with Gasteiger partial charge in [-0.3, -0.25) is 0 Å². The second kappa shape index (κ2) is 4.39. The number of aromatic nitrogens is 3. The van der Waals surface area contributed by atoms with Gasteiger partial charge in [-0.2, -0.15) is 0 Å². The molecule has 0 aliphatic rings. The fourth-order valence-corrected chi connectivity index (χ4v) is 1.66. The van der Waals surface area contributed by atoms with Crippen molar-refractivity contribution in [1.82, 2.24) is 15.0 Å². The lowest BCUT2D eigenvalue weighted by Crippen LogP contribution is -2.00. The molecule has 0 unspecified atom stereocenters. The van der Waals surface area contributed by atoms with Crippen molar-refractivity contribution in [3.63, 3.8) is 0 Å². The second-order valence-electron chi connectivity index (χ2n) is 2.87. The highest BCUT2D eigenvalue weighted by molar-refractivity contribution is 6.42. The summed E-state index contributed by atoms with van der Waals surface area (Å²) in [7, 11) is 0. The summed E-state index contributed by atoms with van der Waals surface area (Å²) in [4.78, 5) is 0. The predicted octanol–water partition coefficient (Wildman–Crippen LogP) is 3.31. The molecule has 0 atom stereocenters. The van der Waals surface area contributed by atoms with E-state index in [4.69, 9.17) is 34.8 Å². The van der Waals surface area contributed by atoms with Crippen molar-refractivity contribution >= 4 is 34.8 Å². The van der Waals surface area contributed by atoms with Gasteiger partial charge in [0.2, 0.25) is 0 Å². The highest BCUT2D eigenvalue weighted by Crippen LogP contribution is 2.24. The number of halogens is 3. The van der Waals surface area contributed by atoms with E-state index in [0.717, 1.165) is 11.4 Å². The van der Waals surface area contributed by atoms with E-state index in [9.17, 15) is 0 Å². The van der Waals surface area contributed by atoms with Crippen LogP contribution in [0, 0.1) is 0 Å². The first-order valence-corrected chi connectivity index (χ1v) is 5.42. The first kappa shape index (κ1) is 10.7. The molecule has 0 bridgehead atoms. The molecule has 1 aromatic carbocycles. The molecule has 2 rings (SSSR count). The molecule has 1 aromatic heterocycles. The minimum Gasteiger partial charge on any atom is -0.216 e. The Kier molecular flexibility index (Phi) is 3.14. The van der Waals surface area contributed by atoms with E-state index in [1.165, 1.54) is 0 Å². The van der Waals surface area contributed by atoms with Crippen molar-refractivity contribution in [2.45, 2.75) is 5.88 Å². The van der Waals surface area contributed by atoms with Gasteiger partial charge in [0.1, 0.15) is 0 Å². The van der Waals surface area contributed by atoms with E-state index < -0.39 is 0 Å². The van der Waals surface area contributed by atoms with Crippen LogP contribution in [0.15, 0.2) is 24.4 Å². The van der Waals surface area contributed by atoms with E-state index in [-0.39, 0.29) is 0 Å². The largest absolute Gasteiger partial charge is 0.216 e. The Bertz CT molecular complexity index is 481. The summed E-state index contributed by atoms with van der Waals surface area (Å²) in [6, 6.07) is 5.23. The zero-order valence-electron chi connectivity index (χ0n) is 7.49. The van der Waals surface area contributed by atoms with Gasteiger partial charge < -0.3 is 0 Å². The number of hydrogen-bond acceptors (Lipinski definition) is 2. The quantitative estimate of drug-likeness (QED) is 0.777. The molecule has 6 heteroatoms. The number of rotatable bonds is 2. The highest BCUT2D eigenvalue weighted by atomic mass is 35.5. The summed E-state index contributed by atoms with van der Waals surface area (Å²) in [5.74, 6) is 0.341. The van der Waals surface area contributed by atoms with Gasteiger partial charge in [0.25, 0.3) is 0 Å². The van der Waals surface area contributed by atoms with Gasteiger partial charge in [-0.25, -0.2) is 4.68 Å². The Morgan fingerprint density at radius 3 is 2.67 bits per heavy atom. The standard InChI is InChI=1S/C9H6Cl3N3/c10-4-7-5-13-14-15(7)6-1-2-8(11)9(12)3-6/h1-3,5H,4H2. The maximum absolute atomic E-state index is 5.90. The van der Waals surface area contributed by atoms with Crippen LogP contribution in [0.5, 0.6) is 0 Å². The average Bonchev–Trinajstić information content (AvgIpc) is 2.70. The van der Waals surface area contributed by atoms with Gasteiger partial charge in [0.15, 0.2) is 0 Å². The summed E-state index contributed by atoms with van der Waals surface area (Å²) in [5, 5.41) is 8.67. The van der Waals surface area contributed by atoms with Gasteiger partial charge >= 0.3 is 0 Å². The summed E-state index contributed by atoms with van der Waals surface area (Å²) in [5.41, 5.74) is 1.59. The maximum atomic E-state index is 5.90. The molecular weight excluding hydrogens is 256 g/mol. The molecule has 0 aliphatic carbocycles. The van der Waals surface area contributed by atoms with Crippen molar-refractivity contribution in [1.29, 1.82) is 0 Å². The van der Waals surface area contributed by atoms with E-state index in [0.29, 0.717) is 15.9 Å². The van der Waals surface area contributed by atoms with Crippen molar-refractivity contribution in [3.05, 3.63) is 40.1 Å². The van der Waals surface area contributed by atoms with Crippen LogP contribution in [0.2, 0.25) is 10.0 Å². The highest BCUT2D eigenvalue weighted by Gasteiger charge is 2.06. The van der Waals surface area contributed by atoms with E-state index >= 15 is 0 Å². The van der Waals surface area contributed by atoms with E-state index in [1.54, 1.807) is 29.1 Å². The Morgan fingerprint density at radius 2 is 2.00 bits per heavy atom. The van der Waals surface area contributed by atoms with Crippen LogP contribution in [-0.2, 0) is 5.88 Å². The van der Waals surface area contributed by atoms with Gasteiger partial charge in [-0.05, 0) is 18.2 Å². The molecule has 0 saturated heterocycles. The minimum atomic E-state index is 0.341. The SMILES string of the molecule is ClCc1cnnn1-c1ccc(Cl)c(Cl)c1. The summed E-state index contributed by atoms with van der Waals surface area (Å²) in [6.45, 7) is 0. The number of hydrogen-bond donors (Lipinski definition) is 0. The second-order valence-corrected chi connectivity index (χ2v) is 3.95. The fraction of sp³-hybridized carbons (Fsp3) is 0.111. The number of alkyl halides is 1. The molecule has 15 heavy (non-hydrogen) atoms. The van der Waals surface area contributed by atoms with Crippen LogP contribution >= 0.6 is 34.8 Å². The molecule has 78 valence electrons. The fourth-order valence-electron chi connectivity index (χ4n) is 1.18. The van der Waals surface area contributed by atoms with Crippen LogP contribution in [-0.4, -0.2) is 15.0 Å². The first-order valence-electron chi connectivity index (χ1n) is 4.13. The van der Waals surface area contributed by atoms with Gasteiger partial charge in [-0.15, -0.1) is 16.7 Å². The molecular formula is C9H6Cl3N3. The molecule has 0 N–H and O–H groups in total. The summed E-state index contributed by atoms with van der Waals surface area (Å²) < 4.78 is 1.62. The smallest absolute Gasteiger partial charge is 0.0793 e. The lowest BCUT2D eigenvalue weighted by atomic mass is 10.3. The molecule has 0 saturated carbocycles. The zero-order chi connectivity index (χ0) is 10.8. The lowest BCUT2D eigenvalue weighted by molar-refractivity contribution is 0.781. The maximum Gasteiger partial charge on any atom is 0.0793 e. The summed E-state index contributed by atoms with van der Waals surface area (Å²) in [6.07, 6.45) is 1.61. The van der Waals surface area contributed by atoms with Crippen molar-refractivity contribution in [2.24, 2.45) is 0 Å². The Morgan fingerprint density at radius 1 is 1.20 bits per heavy atom. The molecule has 0 spiro atoms. The lowest BCUT2D eigenvalue weighted by Gasteiger charge is -2.04. The van der Waals surface area contributed by atoms with E-state index in [1.807, 2.05) is 0 Å². The van der Waals surface area contributed by atoms with Crippen LogP contribution in [0.1, 0.15) is 5.69 Å². The molecule has 0 aliphatic heterocycles. The van der Waals surface area contributed by atoms with Gasteiger partial charge in [0, 0.05) is 0 Å². The molecule has 2 aromatic rings. The monoisotopic (exact) mass is 261 g/mol. The van der Waals surface area contributed by atoms with Crippen LogP contribution in [0.25, 0.3) is 5.69 Å². The summed E-state index contributed by atoms with van der Waals surface area (Å²) >= 11 is 17.4. The molecule has 1 heterocycles. The number of nitrogens with zero attached hydrogens (tertiary/aromatic N) is 3. The van der Waals surface area contributed by atoms with Crippen molar-refractivity contribution in [3.8, 4) is 5.69 Å². The van der Waals surface area contributed by atoms with Gasteiger partial charge in [0.05, 0.1) is 33.5 Å². The topological polar surface area (TPSA) is 30.7 Å². The zero-order valence-corrected chi connectivity index (χ0v) is 9.76. The van der Waals surface area contributed by atoms with E-state index in [2.05, 4.69) is 10.3 Å². The Hall–Kier alpha value is -0.770. The first-order chi connectivity index (χ1) is 7.22.